The van der Waals surface area contributed by atoms with Crippen LogP contribution in [0.5, 0.6) is 0 Å². The van der Waals surface area contributed by atoms with E-state index in [0.29, 0.717) is 0 Å². The first-order valence-electron chi connectivity index (χ1n) is 12.8. The molecule has 1 heterocycles. The van der Waals surface area contributed by atoms with Crippen molar-refractivity contribution in [2.45, 2.75) is 52.7 Å². The molecule has 36 heavy (non-hydrogen) atoms. The van der Waals surface area contributed by atoms with Crippen LogP contribution >= 0.6 is 0 Å². The van der Waals surface area contributed by atoms with E-state index in [9.17, 15) is 0 Å². The maximum atomic E-state index is 6.35. The summed E-state index contributed by atoms with van der Waals surface area (Å²) in [4.78, 5) is 0. The number of hydrogen-bond donors (Lipinski definition) is 0. The van der Waals surface area contributed by atoms with E-state index < -0.39 is 0 Å². The molecule has 4 aromatic rings. The number of hydrogen-bond acceptors (Lipinski definition) is 2. The molecular formula is C32H34B2O2. The molecule has 0 aromatic heterocycles. The average Bonchev–Trinajstić information content (AvgIpc) is 3.09. The van der Waals surface area contributed by atoms with Crippen molar-refractivity contribution < 1.29 is 9.31 Å². The Morgan fingerprint density at radius 1 is 0.639 bits per heavy atom. The Morgan fingerprint density at radius 2 is 1.19 bits per heavy atom. The third-order valence-electron chi connectivity index (χ3n) is 8.01. The molecule has 0 atom stereocenters. The molecule has 0 radical (unpaired) electrons. The summed E-state index contributed by atoms with van der Waals surface area (Å²) >= 11 is 0. The van der Waals surface area contributed by atoms with Crippen molar-refractivity contribution in [3.05, 3.63) is 108 Å². The Balaban J connectivity index is 1.61. The van der Waals surface area contributed by atoms with Crippen molar-refractivity contribution in [2.24, 2.45) is 0 Å². The lowest BCUT2D eigenvalue weighted by Crippen LogP contribution is -2.54. The molecule has 0 bridgehead atoms. The van der Waals surface area contributed by atoms with E-state index >= 15 is 0 Å². The second kappa shape index (κ2) is 9.42. The normalized spacial score (nSPS) is 16.2. The maximum Gasteiger partial charge on any atom is 0.494 e. The van der Waals surface area contributed by atoms with Gasteiger partial charge in [0.2, 0.25) is 6.71 Å². The molecule has 0 spiro atoms. The van der Waals surface area contributed by atoms with Crippen LogP contribution in [0.3, 0.4) is 0 Å². The van der Waals surface area contributed by atoms with E-state index in [4.69, 9.17) is 9.31 Å². The Kier molecular flexibility index (Phi) is 6.44. The quantitative estimate of drug-likeness (QED) is 0.390. The predicted octanol–water partition coefficient (Wildman–Crippen LogP) is 4.79. The number of rotatable bonds is 5. The van der Waals surface area contributed by atoms with Crippen LogP contribution in [0.15, 0.2) is 97.1 Å². The molecule has 0 aliphatic carbocycles. The SMILES string of the molecule is Cc1ccc(-c2cccc(B3OC(C)(C)C(C)(C)O3)c2)c(C)c1B(c1ccccc1)c1ccccc1. The summed E-state index contributed by atoms with van der Waals surface area (Å²) in [5.41, 5.74) is 9.33. The maximum absolute atomic E-state index is 6.35. The van der Waals surface area contributed by atoms with E-state index in [1.165, 1.54) is 38.6 Å². The van der Waals surface area contributed by atoms with Crippen molar-refractivity contribution in [3.63, 3.8) is 0 Å². The highest BCUT2D eigenvalue weighted by Crippen LogP contribution is 2.36. The van der Waals surface area contributed by atoms with Crippen LogP contribution in [0, 0.1) is 13.8 Å². The number of aryl methyl sites for hydroxylation is 1. The largest absolute Gasteiger partial charge is 0.494 e. The molecule has 0 saturated carbocycles. The Morgan fingerprint density at radius 3 is 1.75 bits per heavy atom. The lowest BCUT2D eigenvalue weighted by atomic mass is 9.35. The van der Waals surface area contributed by atoms with Crippen molar-refractivity contribution in [3.8, 4) is 11.1 Å². The van der Waals surface area contributed by atoms with E-state index in [-0.39, 0.29) is 25.0 Å². The van der Waals surface area contributed by atoms with Gasteiger partial charge in [-0.15, -0.1) is 0 Å². The zero-order valence-electron chi connectivity index (χ0n) is 22.2. The van der Waals surface area contributed by atoms with Crippen molar-refractivity contribution >= 4 is 35.7 Å². The molecule has 1 saturated heterocycles. The first kappa shape index (κ1) is 24.6. The molecule has 2 nitrogen and oxygen atoms in total. The molecule has 4 aromatic carbocycles. The van der Waals surface area contributed by atoms with Crippen LogP contribution in [0.25, 0.3) is 11.1 Å². The summed E-state index contributed by atoms with van der Waals surface area (Å²) in [5.74, 6) is 0. The minimum atomic E-state index is -0.374. The number of benzene rings is 4. The van der Waals surface area contributed by atoms with Crippen LogP contribution in [-0.4, -0.2) is 25.0 Å². The molecule has 1 aliphatic rings. The molecular weight excluding hydrogens is 438 g/mol. The van der Waals surface area contributed by atoms with Gasteiger partial charge < -0.3 is 9.31 Å². The highest BCUT2D eigenvalue weighted by Gasteiger charge is 2.51. The zero-order chi connectivity index (χ0) is 25.5. The monoisotopic (exact) mass is 472 g/mol. The third kappa shape index (κ3) is 4.45. The van der Waals surface area contributed by atoms with Gasteiger partial charge in [-0.1, -0.05) is 119 Å². The average molecular weight is 472 g/mol. The highest BCUT2D eigenvalue weighted by atomic mass is 16.7. The van der Waals surface area contributed by atoms with E-state index in [0.717, 1.165) is 5.46 Å². The summed E-state index contributed by atoms with van der Waals surface area (Å²) in [7, 11) is -0.374. The molecule has 0 N–H and O–H groups in total. The standard InChI is InChI=1S/C32H34B2O2/c1-23-20-21-29(25-14-13-19-28(22-25)34-35-31(3,4)32(5,6)36-34)24(2)30(23)33(26-15-9-7-10-16-26)27-17-11-8-12-18-27/h7-22H,1-6H3. The topological polar surface area (TPSA) is 18.5 Å². The first-order chi connectivity index (χ1) is 17.2. The Hall–Kier alpha value is -3.07. The lowest BCUT2D eigenvalue weighted by Gasteiger charge is -2.32. The van der Waals surface area contributed by atoms with Gasteiger partial charge in [0.1, 0.15) is 0 Å². The van der Waals surface area contributed by atoms with Crippen LogP contribution in [0.2, 0.25) is 0 Å². The van der Waals surface area contributed by atoms with Crippen LogP contribution < -0.4 is 21.9 Å². The summed E-state index contributed by atoms with van der Waals surface area (Å²) in [6.45, 7) is 13.0. The lowest BCUT2D eigenvalue weighted by molar-refractivity contribution is 0.00578. The van der Waals surface area contributed by atoms with Crippen molar-refractivity contribution in [2.75, 3.05) is 0 Å². The molecule has 4 heteroatoms. The summed E-state index contributed by atoms with van der Waals surface area (Å²) in [6.07, 6.45) is 0. The van der Waals surface area contributed by atoms with E-state index in [1.807, 2.05) is 0 Å². The molecule has 5 rings (SSSR count). The van der Waals surface area contributed by atoms with Crippen molar-refractivity contribution in [1.29, 1.82) is 0 Å². The van der Waals surface area contributed by atoms with Gasteiger partial charge in [-0.2, -0.15) is 0 Å². The molecule has 1 fully saturated rings. The third-order valence-corrected chi connectivity index (χ3v) is 8.01. The first-order valence-corrected chi connectivity index (χ1v) is 12.8. The molecule has 1 aliphatic heterocycles. The molecule has 0 amide bonds. The summed E-state index contributed by atoms with van der Waals surface area (Å²) in [6, 6.07) is 34.8. The van der Waals surface area contributed by atoms with Gasteiger partial charge in [0.15, 0.2) is 0 Å². The van der Waals surface area contributed by atoms with Gasteiger partial charge in [-0.05, 0) is 63.7 Å². The minimum Gasteiger partial charge on any atom is -0.399 e. The Labute approximate surface area is 216 Å². The van der Waals surface area contributed by atoms with Gasteiger partial charge in [-0.3, -0.25) is 0 Å². The van der Waals surface area contributed by atoms with E-state index in [1.54, 1.807) is 0 Å². The highest BCUT2D eigenvalue weighted by molar-refractivity contribution is 6.96. The summed E-state index contributed by atoms with van der Waals surface area (Å²) in [5, 5.41) is 0. The predicted molar refractivity (Wildman–Crippen MR) is 155 cm³/mol. The summed E-state index contributed by atoms with van der Waals surface area (Å²) < 4.78 is 12.7. The molecule has 180 valence electrons. The zero-order valence-corrected chi connectivity index (χ0v) is 22.2. The Bertz CT molecular complexity index is 1310. The fraction of sp³-hybridized carbons (Fsp3) is 0.250. The van der Waals surface area contributed by atoms with Gasteiger partial charge >= 0.3 is 7.12 Å². The van der Waals surface area contributed by atoms with Gasteiger partial charge in [-0.25, -0.2) is 0 Å². The molecule has 0 unspecified atom stereocenters. The minimum absolute atomic E-state index is 0.165. The van der Waals surface area contributed by atoms with Gasteiger partial charge in [0.05, 0.1) is 11.2 Å². The van der Waals surface area contributed by atoms with Crippen LogP contribution in [0.1, 0.15) is 38.8 Å². The van der Waals surface area contributed by atoms with Crippen LogP contribution in [0.4, 0.5) is 0 Å². The second-order valence-corrected chi connectivity index (χ2v) is 10.9. The van der Waals surface area contributed by atoms with Crippen LogP contribution in [-0.2, 0) is 9.31 Å². The van der Waals surface area contributed by atoms with Gasteiger partial charge in [0.25, 0.3) is 0 Å². The fourth-order valence-electron chi connectivity index (χ4n) is 5.27. The fourth-order valence-corrected chi connectivity index (χ4v) is 5.27. The van der Waals surface area contributed by atoms with Gasteiger partial charge in [0, 0.05) is 0 Å². The van der Waals surface area contributed by atoms with Crippen molar-refractivity contribution in [1.82, 2.24) is 0 Å². The van der Waals surface area contributed by atoms with E-state index in [2.05, 4.69) is 139 Å². The smallest absolute Gasteiger partial charge is 0.399 e. The second-order valence-electron chi connectivity index (χ2n) is 10.9.